The van der Waals surface area contributed by atoms with Gasteiger partial charge in [0.1, 0.15) is 0 Å². The van der Waals surface area contributed by atoms with Crippen molar-refractivity contribution >= 4 is 0 Å². The molecule has 0 bridgehead atoms. The van der Waals surface area contributed by atoms with Crippen molar-refractivity contribution in [2.24, 2.45) is 11.8 Å². The summed E-state index contributed by atoms with van der Waals surface area (Å²) in [4.78, 5) is 0. The number of rotatable bonds is 3. The van der Waals surface area contributed by atoms with Gasteiger partial charge in [0, 0.05) is 19.0 Å². The molecule has 2 heteroatoms. The van der Waals surface area contributed by atoms with Crippen molar-refractivity contribution in [3.8, 4) is 0 Å². The van der Waals surface area contributed by atoms with E-state index in [1.807, 2.05) is 0 Å². The van der Waals surface area contributed by atoms with Gasteiger partial charge in [-0.25, -0.2) is 0 Å². The zero-order valence-corrected chi connectivity index (χ0v) is 7.84. The molecule has 0 spiro atoms. The van der Waals surface area contributed by atoms with E-state index in [2.05, 4.69) is 12.2 Å². The first-order valence-corrected chi connectivity index (χ1v) is 5.20. The monoisotopic (exact) mass is 169 g/mol. The van der Waals surface area contributed by atoms with Gasteiger partial charge in [0.15, 0.2) is 0 Å². The zero-order valence-electron chi connectivity index (χ0n) is 7.84. The summed E-state index contributed by atoms with van der Waals surface area (Å²) >= 11 is 0. The quantitative estimate of drug-likeness (QED) is 0.664. The maximum Gasteiger partial charge on any atom is 0.0725 e. The van der Waals surface area contributed by atoms with E-state index in [0.717, 1.165) is 19.5 Å². The third kappa shape index (κ3) is 1.09. The molecule has 2 aliphatic rings. The lowest BCUT2D eigenvalue weighted by Gasteiger charge is -2.49. The Morgan fingerprint density at radius 1 is 1.33 bits per heavy atom. The van der Waals surface area contributed by atoms with E-state index in [1.54, 1.807) is 0 Å². The van der Waals surface area contributed by atoms with Gasteiger partial charge in [-0.3, -0.25) is 0 Å². The van der Waals surface area contributed by atoms with Crippen molar-refractivity contribution in [3.05, 3.63) is 0 Å². The molecule has 1 aliphatic carbocycles. The predicted molar refractivity (Wildman–Crippen MR) is 48.9 cm³/mol. The molecule has 1 heterocycles. The maximum atomic E-state index is 10.4. The third-order valence-electron chi connectivity index (χ3n) is 3.87. The van der Waals surface area contributed by atoms with Crippen molar-refractivity contribution in [3.63, 3.8) is 0 Å². The Bertz CT molecular complexity index is 147. The molecule has 1 aliphatic heterocycles. The first-order valence-electron chi connectivity index (χ1n) is 5.20. The van der Waals surface area contributed by atoms with Crippen LogP contribution < -0.4 is 5.32 Å². The highest BCUT2D eigenvalue weighted by Gasteiger charge is 2.46. The van der Waals surface area contributed by atoms with E-state index in [-0.39, 0.29) is 5.60 Å². The van der Waals surface area contributed by atoms with Crippen LogP contribution in [0.25, 0.3) is 0 Å². The minimum Gasteiger partial charge on any atom is -0.389 e. The summed E-state index contributed by atoms with van der Waals surface area (Å²) in [7, 11) is 0. The fourth-order valence-electron chi connectivity index (χ4n) is 2.46. The van der Waals surface area contributed by atoms with Gasteiger partial charge in [0.25, 0.3) is 0 Å². The van der Waals surface area contributed by atoms with E-state index in [0.29, 0.717) is 11.8 Å². The number of aliphatic hydroxyl groups is 1. The molecule has 2 fully saturated rings. The summed E-state index contributed by atoms with van der Waals surface area (Å²) in [6, 6.07) is 0. The summed E-state index contributed by atoms with van der Waals surface area (Å²) < 4.78 is 0. The van der Waals surface area contributed by atoms with Gasteiger partial charge in [0.05, 0.1) is 5.60 Å². The Morgan fingerprint density at radius 2 is 2.00 bits per heavy atom. The molecule has 2 rings (SSSR count). The molecule has 1 unspecified atom stereocenters. The lowest BCUT2D eigenvalue weighted by molar-refractivity contribution is -0.112. The second kappa shape index (κ2) is 3.00. The first kappa shape index (κ1) is 8.52. The van der Waals surface area contributed by atoms with Gasteiger partial charge in [-0.1, -0.05) is 13.3 Å². The van der Waals surface area contributed by atoms with Crippen LogP contribution in [0.5, 0.6) is 0 Å². The molecule has 1 saturated carbocycles. The summed E-state index contributed by atoms with van der Waals surface area (Å²) in [5.41, 5.74) is -0.330. The number of hydrogen-bond acceptors (Lipinski definition) is 2. The topological polar surface area (TPSA) is 32.3 Å². The van der Waals surface area contributed by atoms with Crippen LogP contribution in [0.1, 0.15) is 32.6 Å². The van der Waals surface area contributed by atoms with E-state index in [1.165, 1.54) is 19.3 Å². The Morgan fingerprint density at radius 3 is 2.25 bits per heavy atom. The van der Waals surface area contributed by atoms with E-state index < -0.39 is 0 Å². The van der Waals surface area contributed by atoms with Crippen LogP contribution in [-0.4, -0.2) is 23.8 Å². The molecule has 0 aromatic heterocycles. The minimum absolute atomic E-state index is 0.330. The molecule has 2 nitrogen and oxygen atoms in total. The van der Waals surface area contributed by atoms with Gasteiger partial charge in [-0.15, -0.1) is 0 Å². The highest BCUT2D eigenvalue weighted by molar-refractivity contribution is 4.99. The Labute approximate surface area is 74.4 Å². The Balaban J connectivity index is 2.00. The zero-order chi connectivity index (χ0) is 8.60. The van der Waals surface area contributed by atoms with Crippen LogP contribution in [0.2, 0.25) is 0 Å². The number of hydrogen-bond donors (Lipinski definition) is 2. The smallest absolute Gasteiger partial charge is 0.0725 e. The number of nitrogens with one attached hydrogen (secondary N) is 1. The van der Waals surface area contributed by atoms with Gasteiger partial charge in [0.2, 0.25) is 0 Å². The molecule has 0 aromatic carbocycles. The molecular formula is C10H19NO. The molecule has 12 heavy (non-hydrogen) atoms. The van der Waals surface area contributed by atoms with Crippen LogP contribution >= 0.6 is 0 Å². The molecule has 0 amide bonds. The lowest BCUT2D eigenvalue weighted by atomic mass is 9.64. The van der Waals surface area contributed by atoms with Crippen LogP contribution in [-0.2, 0) is 0 Å². The van der Waals surface area contributed by atoms with Crippen molar-refractivity contribution in [1.29, 1.82) is 0 Å². The van der Waals surface area contributed by atoms with Crippen LogP contribution in [0.3, 0.4) is 0 Å². The van der Waals surface area contributed by atoms with Gasteiger partial charge in [-0.2, -0.15) is 0 Å². The normalized spacial score (nSPS) is 30.5. The van der Waals surface area contributed by atoms with Crippen molar-refractivity contribution < 1.29 is 5.11 Å². The van der Waals surface area contributed by atoms with Gasteiger partial charge in [-0.05, 0) is 25.2 Å². The molecular weight excluding hydrogens is 150 g/mol. The largest absolute Gasteiger partial charge is 0.389 e. The second-order valence-electron chi connectivity index (χ2n) is 4.33. The second-order valence-corrected chi connectivity index (χ2v) is 4.33. The van der Waals surface area contributed by atoms with Gasteiger partial charge >= 0.3 is 0 Å². The van der Waals surface area contributed by atoms with Crippen molar-refractivity contribution in [1.82, 2.24) is 5.32 Å². The summed E-state index contributed by atoms with van der Waals surface area (Å²) in [5.74, 6) is 1.14. The maximum absolute atomic E-state index is 10.4. The molecule has 2 N–H and O–H groups in total. The first-order chi connectivity index (χ1) is 5.77. The van der Waals surface area contributed by atoms with E-state index in [4.69, 9.17) is 0 Å². The SMILES string of the molecule is CCC(O)(C1CCC1)C1CNC1. The van der Waals surface area contributed by atoms with Crippen LogP contribution in [0.15, 0.2) is 0 Å². The van der Waals surface area contributed by atoms with Crippen molar-refractivity contribution in [2.75, 3.05) is 13.1 Å². The molecule has 70 valence electrons. The third-order valence-corrected chi connectivity index (χ3v) is 3.87. The lowest BCUT2D eigenvalue weighted by Crippen LogP contribution is -2.59. The molecule has 1 atom stereocenters. The average molecular weight is 169 g/mol. The Kier molecular flexibility index (Phi) is 2.13. The summed E-state index contributed by atoms with van der Waals surface area (Å²) in [5, 5.41) is 13.7. The average Bonchev–Trinajstić information content (AvgIpc) is 1.79. The highest BCUT2D eigenvalue weighted by atomic mass is 16.3. The van der Waals surface area contributed by atoms with Crippen LogP contribution in [0.4, 0.5) is 0 Å². The summed E-state index contributed by atoms with van der Waals surface area (Å²) in [6.07, 6.45) is 4.76. The minimum atomic E-state index is -0.330. The molecule has 0 radical (unpaired) electrons. The van der Waals surface area contributed by atoms with Gasteiger partial charge < -0.3 is 10.4 Å². The van der Waals surface area contributed by atoms with Crippen LogP contribution in [0, 0.1) is 11.8 Å². The summed E-state index contributed by atoms with van der Waals surface area (Å²) in [6.45, 7) is 4.18. The van der Waals surface area contributed by atoms with E-state index in [9.17, 15) is 5.11 Å². The van der Waals surface area contributed by atoms with Crippen molar-refractivity contribution in [2.45, 2.75) is 38.2 Å². The Hall–Kier alpha value is -0.0800. The van der Waals surface area contributed by atoms with E-state index >= 15 is 0 Å². The fraction of sp³-hybridized carbons (Fsp3) is 1.00. The predicted octanol–water partition coefficient (Wildman–Crippen LogP) is 1.15. The standard InChI is InChI=1S/C10H19NO/c1-2-10(12,8-4-3-5-8)9-6-11-7-9/h8-9,11-12H,2-7H2,1H3. The highest BCUT2D eigenvalue weighted by Crippen LogP contribution is 2.43. The molecule has 1 saturated heterocycles. The fourth-order valence-corrected chi connectivity index (χ4v) is 2.46. The molecule has 0 aromatic rings.